The number of hydrogen-bond acceptors (Lipinski definition) is 5. The molecule has 3 rings (SSSR count). The Morgan fingerprint density at radius 2 is 1.93 bits per heavy atom. The second kappa shape index (κ2) is 9.70. The maximum Gasteiger partial charge on any atom is 0.335 e. The topological polar surface area (TPSA) is 95.0 Å². The van der Waals surface area contributed by atoms with Crippen LogP contribution in [0.3, 0.4) is 0 Å². The Morgan fingerprint density at radius 3 is 2.64 bits per heavy atom. The van der Waals surface area contributed by atoms with Gasteiger partial charge in [0.2, 0.25) is 0 Å². The molecule has 1 aliphatic heterocycles. The molecule has 1 aromatic heterocycles. The van der Waals surface area contributed by atoms with Crippen LogP contribution in [0.2, 0.25) is 0 Å². The van der Waals surface area contributed by atoms with Gasteiger partial charge >= 0.3 is 12.0 Å². The molecule has 0 saturated carbocycles. The molecule has 2 heterocycles. The van der Waals surface area contributed by atoms with E-state index < -0.39 is 5.97 Å². The third-order valence-electron chi connectivity index (χ3n) is 4.50. The minimum absolute atomic E-state index is 0.111. The van der Waals surface area contributed by atoms with Crippen LogP contribution in [0.15, 0.2) is 48.7 Å². The molecule has 0 radical (unpaired) electrons. The Balaban J connectivity index is 1.34. The number of aromatic nitrogens is 1. The van der Waals surface area contributed by atoms with Gasteiger partial charge in [-0.15, -0.1) is 0 Å². The molecular weight excluding hydrogens is 360 g/mol. The van der Waals surface area contributed by atoms with Gasteiger partial charge in [0.25, 0.3) is 0 Å². The van der Waals surface area contributed by atoms with Crippen LogP contribution in [0.25, 0.3) is 0 Å². The number of pyridine rings is 1. The second-order valence-electron chi connectivity index (χ2n) is 6.50. The lowest BCUT2D eigenvalue weighted by Gasteiger charge is -2.34. The summed E-state index contributed by atoms with van der Waals surface area (Å²) in [7, 11) is 0. The fraction of sp³-hybridized carbons (Fsp3) is 0.350. The number of rotatable bonds is 7. The van der Waals surface area contributed by atoms with Crippen LogP contribution in [0.5, 0.6) is 5.75 Å². The summed E-state index contributed by atoms with van der Waals surface area (Å²) in [5.41, 5.74) is 1.20. The quantitative estimate of drug-likeness (QED) is 0.706. The van der Waals surface area contributed by atoms with Gasteiger partial charge in [-0.2, -0.15) is 0 Å². The number of amides is 2. The minimum atomic E-state index is -0.999. The molecule has 8 nitrogen and oxygen atoms in total. The van der Waals surface area contributed by atoms with Crippen molar-refractivity contribution in [3.05, 3.63) is 59.9 Å². The van der Waals surface area contributed by atoms with Gasteiger partial charge in [0.05, 0.1) is 17.8 Å². The molecule has 0 spiro atoms. The van der Waals surface area contributed by atoms with E-state index in [2.05, 4.69) is 15.2 Å². The minimum Gasteiger partial charge on any atom is -0.492 e. The van der Waals surface area contributed by atoms with Gasteiger partial charge < -0.3 is 20.1 Å². The Hall–Kier alpha value is -3.13. The van der Waals surface area contributed by atoms with Crippen molar-refractivity contribution in [3.63, 3.8) is 0 Å². The van der Waals surface area contributed by atoms with E-state index in [0.717, 1.165) is 25.3 Å². The average molecular weight is 384 g/mol. The number of carboxylic acid groups (broad SMARTS) is 1. The number of carbonyl (C=O) groups excluding carboxylic acids is 1. The molecule has 0 bridgehead atoms. The SMILES string of the molecule is O=C(O)c1cccc(OCCNC(=O)N2CCN(Cc3ccccn3)CC2)c1. The number of piperazine rings is 1. The molecular formula is C20H24N4O4. The first-order chi connectivity index (χ1) is 13.6. The van der Waals surface area contributed by atoms with Gasteiger partial charge in [-0.1, -0.05) is 12.1 Å². The van der Waals surface area contributed by atoms with Gasteiger partial charge in [0.15, 0.2) is 0 Å². The number of aromatic carboxylic acids is 1. The fourth-order valence-corrected chi connectivity index (χ4v) is 2.99. The summed E-state index contributed by atoms with van der Waals surface area (Å²) < 4.78 is 5.51. The maximum absolute atomic E-state index is 12.3. The molecule has 2 amide bonds. The van der Waals surface area contributed by atoms with Crippen molar-refractivity contribution in [3.8, 4) is 5.75 Å². The number of nitrogens with one attached hydrogen (secondary N) is 1. The lowest BCUT2D eigenvalue weighted by Crippen LogP contribution is -2.51. The summed E-state index contributed by atoms with van der Waals surface area (Å²) in [4.78, 5) is 31.6. The predicted molar refractivity (Wildman–Crippen MR) is 103 cm³/mol. The first-order valence-electron chi connectivity index (χ1n) is 9.23. The third-order valence-corrected chi connectivity index (χ3v) is 4.50. The van der Waals surface area contributed by atoms with Crippen LogP contribution in [0.4, 0.5) is 4.79 Å². The van der Waals surface area contributed by atoms with E-state index in [9.17, 15) is 9.59 Å². The predicted octanol–water partition coefficient (Wildman–Crippen LogP) is 1.69. The number of nitrogens with zero attached hydrogens (tertiary/aromatic N) is 3. The number of ether oxygens (including phenoxy) is 1. The molecule has 8 heteroatoms. The van der Waals surface area contributed by atoms with Crippen molar-refractivity contribution < 1.29 is 19.4 Å². The zero-order valence-electron chi connectivity index (χ0n) is 15.6. The highest BCUT2D eigenvalue weighted by molar-refractivity contribution is 5.88. The summed E-state index contributed by atoms with van der Waals surface area (Å²) in [6.45, 7) is 4.36. The Kier molecular flexibility index (Phi) is 6.80. The van der Waals surface area contributed by atoms with Crippen molar-refractivity contribution in [1.29, 1.82) is 0 Å². The van der Waals surface area contributed by atoms with Gasteiger partial charge in [0.1, 0.15) is 12.4 Å². The third kappa shape index (κ3) is 5.68. The van der Waals surface area contributed by atoms with E-state index in [0.29, 0.717) is 25.4 Å². The highest BCUT2D eigenvalue weighted by Gasteiger charge is 2.21. The van der Waals surface area contributed by atoms with Gasteiger partial charge in [-0.3, -0.25) is 9.88 Å². The molecule has 0 unspecified atom stereocenters. The van der Waals surface area contributed by atoms with E-state index in [-0.39, 0.29) is 18.2 Å². The normalized spacial score (nSPS) is 14.5. The largest absolute Gasteiger partial charge is 0.492 e. The summed E-state index contributed by atoms with van der Waals surface area (Å²) >= 11 is 0. The molecule has 28 heavy (non-hydrogen) atoms. The summed E-state index contributed by atoms with van der Waals surface area (Å²) in [5, 5.41) is 11.8. The summed E-state index contributed by atoms with van der Waals surface area (Å²) in [6, 6.07) is 12.1. The lowest BCUT2D eigenvalue weighted by molar-refractivity contribution is 0.0696. The van der Waals surface area contributed by atoms with Gasteiger partial charge in [0, 0.05) is 38.9 Å². The van der Waals surface area contributed by atoms with Gasteiger partial charge in [-0.05, 0) is 30.3 Å². The number of carboxylic acids is 1. The van der Waals surface area contributed by atoms with Crippen molar-refractivity contribution in [2.75, 3.05) is 39.3 Å². The summed E-state index contributed by atoms with van der Waals surface area (Å²) in [5.74, 6) is -0.529. The highest BCUT2D eigenvalue weighted by Crippen LogP contribution is 2.13. The molecule has 148 valence electrons. The van der Waals surface area contributed by atoms with Crippen LogP contribution < -0.4 is 10.1 Å². The van der Waals surface area contributed by atoms with E-state index in [4.69, 9.17) is 9.84 Å². The van der Waals surface area contributed by atoms with Crippen LogP contribution >= 0.6 is 0 Å². The van der Waals surface area contributed by atoms with E-state index in [1.807, 2.05) is 18.2 Å². The zero-order chi connectivity index (χ0) is 19.8. The molecule has 2 N–H and O–H groups in total. The maximum atomic E-state index is 12.3. The molecule has 0 aliphatic carbocycles. The molecule has 1 saturated heterocycles. The first kappa shape index (κ1) is 19.6. The number of urea groups is 1. The molecule has 1 aliphatic rings. The Labute approximate surface area is 163 Å². The number of benzene rings is 1. The van der Waals surface area contributed by atoms with E-state index in [1.54, 1.807) is 23.2 Å². The second-order valence-corrected chi connectivity index (χ2v) is 6.50. The van der Waals surface area contributed by atoms with E-state index in [1.165, 1.54) is 12.1 Å². The molecule has 2 aromatic rings. The Morgan fingerprint density at radius 1 is 1.11 bits per heavy atom. The van der Waals surface area contributed by atoms with Crippen LogP contribution in [-0.2, 0) is 6.54 Å². The van der Waals surface area contributed by atoms with Crippen LogP contribution in [0, 0.1) is 0 Å². The van der Waals surface area contributed by atoms with Crippen molar-refractivity contribution in [1.82, 2.24) is 20.1 Å². The molecule has 1 fully saturated rings. The fourth-order valence-electron chi connectivity index (χ4n) is 2.99. The zero-order valence-corrected chi connectivity index (χ0v) is 15.6. The smallest absolute Gasteiger partial charge is 0.335 e. The van der Waals surface area contributed by atoms with Crippen molar-refractivity contribution in [2.24, 2.45) is 0 Å². The van der Waals surface area contributed by atoms with Crippen LogP contribution in [0.1, 0.15) is 16.1 Å². The molecule has 1 aromatic carbocycles. The summed E-state index contributed by atoms with van der Waals surface area (Å²) in [6.07, 6.45) is 1.79. The lowest BCUT2D eigenvalue weighted by atomic mass is 10.2. The first-order valence-corrected chi connectivity index (χ1v) is 9.23. The Bertz CT molecular complexity index is 792. The number of hydrogen-bond donors (Lipinski definition) is 2. The number of carbonyl (C=O) groups is 2. The monoisotopic (exact) mass is 384 g/mol. The standard InChI is InChI=1S/C20H24N4O4/c25-19(26)16-4-3-6-18(14-16)28-13-8-22-20(27)24-11-9-23(10-12-24)15-17-5-1-2-7-21-17/h1-7,14H,8-13,15H2,(H,22,27)(H,25,26). The van der Waals surface area contributed by atoms with Gasteiger partial charge in [-0.25, -0.2) is 9.59 Å². The average Bonchev–Trinajstić information content (AvgIpc) is 2.72. The molecule has 0 atom stereocenters. The van der Waals surface area contributed by atoms with Crippen LogP contribution in [-0.4, -0.2) is 71.2 Å². The highest BCUT2D eigenvalue weighted by atomic mass is 16.5. The van der Waals surface area contributed by atoms with Crippen molar-refractivity contribution >= 4 is 12.0 Å². The van der Waals surface area contributed by atoms with E-state index >= 15 is 0 Å². The van der Waals surface area contributed by atoms with Crippen molar-refractivity contribution in [2.45, 2.75) is 6.54 Å².